The second kappa shape index (κ2) is 4.12. The minimum Gasteiger partial charge on any atom is -0.299 e. The van der Waals surface area contributed by atoms with Crippen LogP contribution in [0.25, 0.3) is 0 Å². The molecule has 3 fully saturated rings. The smallest absolute Gasteiger partial charge is 0.139 e. The van der Waals surface area contributed by atoms with E-state index in [1.165, 1.54) is 43.6 Å². The number of hydrogen-bond acceptors (Lipinski definition) is 2. The third-order valence-electron chi connectivity index (χ3n) is 4.50. The number of rotatable bonds is 2. The lowest BCUT2D eigenvalue weighted by Gasteiger charge is -2.18. The molecule has 2 aliphatic carbocycles. The van der Waals surface area contributed by atoms with E-state index >= 15 is 0 Å². The summed E-state index contributed by atoms with van der Waals surface area (Å²) >= 11 is 2.04. The van der Waals surface area contributed by atoms with Gasteiger partial charge in [0, 0.05) is 11.8 Å². The van der Waals surface area contributed by atoms with Gasteiger partial charge in [-0.3, -0.25) is 4.79 Å². The lowest BCUT2D eigenvalue weighted by molar-refractivity contribution is -0.127. The summed E-state index contributed by atoms with van der Waals surface area (Å²) in [7, 11) is 0. The van der Waals surface area contributed by atoms with Gasteiger partial charge in [-0.05, 0) is 61.9 Å². The maximum absolute atomic E-state index is 12.3. The third kappa shape index (κ3) is 2.11. The Hall–Kier alpha value is 0.0200. The van der Waals surface area contributed by atoms with Crippen molar-refractivity contribution in [2.45, 2.75) is 38.5 Å². The molecular weight excluding hydrogens is 204 g/mol. The first-order chi connectivity index (χ1) is 7.34. The van der Waals surface area contributed by atoms with Gasteiger partial charge in [0.05, 0.1) is 0 Å². The molecule has 0 aromatic heterocycles. The Morgan fingerprint density at radius 3 is 2.53 bits per heavy atom. The average molecular weight is 224 g/mol. The maximum Gasteiger partial charge on any atom is 0.139 e. The Labute approximate surface area is 96.4 Å². The van der Waals surface area contributed by atoms with Crippen LogP contribution in [0.3, 0.4) is 0 Å². The van der Waals surface area contributed by atoms with E-state index < -0.39 is 0 Å². The predicted octanol–water partition coefficient (Wildman–Crippen LogP) is 3.13. The molecule has 0 amide bonds. The Morgan fingerprint density at radius 1 is 0.933 bits per heavy atom. The van der Waals surface area contributed by atoms with Gasteiger partial charge < -0.3 is 0 Å². The van der Waals surface area contributed by atoms with Gasteiger partial charge in [-0.1, -0.05) is 0 Å². The SMILES string of the molecule is O=C(C1CCCSCC1)C1CC2CC2C1. The average Bonchev–Trinajstić information content (AvgIpc) is 2.95. The highest BCUT2D eigenvalue weighted by Crippen LogP contribution is 2.55. The summed E-state index contributed by atoms with van der Waals surface area (Å²) in [6.07, 6.45) is 7.53. The van der Waals surface area contributed by atoms with E-state index in [1.54, 1.807) is 0 Å². The van der Waals surface area contributed by atoms with Gasteiger partial charge in [0.1, 0.15) is 5.78 Å². The molecule has 1 saturated heterocycles. The van der Waals surface area contributed by atoms with E-state index in [9.17, 15) is 4.79 Å². The number of thioether (sulfide) groups is 1. The van der Waals surface area contributed by atoms with Gasteiger partial charge in [0.15, 0.2) is 0 Å². The molecule has 0 aromatic rings. The zero-order valence-electron chi connectivity index (χ0n) is 9.28. The molecular formula is C13H20OS. The molecule has 1 aliphatic heterocycles. The van der Waals surface area contributed by atoms with Crippen molar-refractivity contribution in [3.8, 4) is 0 Å². The van der Waals surface area contributed by atoms with Gasteiger partial charge in [0.2, 0.25) is 0 Å². The molecule has 0 radical (unpaired) electrons. The van der Waals surface area contributed by atoms with Crippen LogP contribution in [-0.4, -0.2) is 17.3 Å². The van der Waals surface area contributed by atoms with Crippen LogP contribution in [0.5, 0.6) is 0 Å². The van der Waals surface area contributed by atoms with Crippen molar-refractivity contribution in [2.24, 2.45) is 23.7 Å². The van der Waals surface area contributed by atoms with Crippen molar-refractivity contribution >= 4 is 17.5 Å². The first kappa shape index (κ1) is 10.2. The van der Waals surface area contributed by atoms with E-state index in [0.29, 0.717) is 17.6 Å². The van der Waals surface area contributed by atoms with Crippen molar-refractivity contribution in [2.75, 3.05) is 11.5 Å². The fourth-order valence-electron chi connectivity index (χ4n) is 3.47. The zero-order valence-corrected chi connectivity index (χ0v) is 10.1. The highest BCUT2D eigenvalue weighted by molar-refractivity contribution is 7.99. The van der Waals surface area contributed by atoms with Gasteiger partial charge in [-0.2, -0.15) is 11.8 Å². The first-order valence-corrected chi connectivity index (χ1v) is 7.61. The van der Waals surface area contributed by atoms with Crippen LogP contribution in [0.4, 0.5) is 0 Å². The molecule has 84 valence electrons. The molecule has 15 heavy (non-hydrogen) atoms. The summed E-state index contributed by atoms with van der Waals surface area (Å²) in [5.41, 5.74) is 0. The van der Waals surface area contributed by atoms with Crippen LogP contribution in [0.15, 0.2) is 0 Å². The highest BCUT2D eigenvalue weighted by Gasteiger charge is 2.48. The van der Waals surface area contributed by atoms with E-state index in [2.05, 4.69) is 0 Å². The van der Waals surface area contributed by atoms with E-state index in [0.717, 1.165) is 18.3 Å². The standard InChI is InChI=1S/C13H20OS/c14-13(9-2-1-4-15-5-3-9)12-7-10-6-11(10)8-12/h9-12H,1-8H2. The van der Waals surface area contributed by atoms with E-state index in [1.807, 2.05) is 11.8 Å². The fraction of sp³-hybridized carbons (Fsp3) is 0.923. The Bertz CT molecular complexity index is 245. The molecule has 0 N–H and O–H groups in total. The predicted molar refractivity (Wildman–Crippen MR) is 64.0 cm³/mol. The minimum atomic E-state index is 0.433. The van der Waals surface area contributed by atoms with Crippen molar-refractivity contribution in [3.05, 3.63) is 0 Å². The quantitative estimate of drug-likeness (QED) is 0.717. The lowest BCUT2D eigenvalue weighted by Crippen LogP contribution is -2.23. The Morgan fingerprint density at radius 2 is 1.73 bits per heavy atom. The van der Waals surface area contributed by atoms with Crippen LogP contribution in [0.1, 0.15) is 38.5 Å². The molecule has 0 spiro atoms. The van der Waals surface area contributed by atoms with E-state index in [4.69, 9.17) is 0 Å². The summed E-state index contributed by atoms with van der Waals surface area (Å²) < 4.78 is 0. The van der Waals surface area contributed by atoms with E-state index in [-0.39, 0.29) is 0 Å². The molecule has 3 rings (SSSR count). The fourth-order valence-corrected chi connectivity index (χ4v) is 4.49. The van der Waals surface area contributed by atoms with Crippen molar-refractivity contribution in [1.82, 2.24) is 0 Å². The summed E-state index contributed by atoms with van der Waals surface area (Å²) in [6.45, 7) is 0. The van der Waals surface area contributed by atoms with Crippen LogP contribution in [0, 0.1) is 23.7 Å². The van der Waals surface area contributed by atoms with Gasteiger partial charge in [-0.15, -0.1) is 0 Å². The summed E-state index contributed by atoms with van der Waals surface area (Å²) in [4.78, 5) is 12.3. The normalized spacial score (nSPS) is 44.5. The lowest BCUT2D eigenvalue weighted by atomic mass is 9.85. The van der Waals surface area contributed by atoms with Crippen molar-refractivity contribution in [1.29, 1.82) is 0 Å². The molecule has 3 aliphatic rings. The second-order valence-corrected chi connectivity index (χ2v) is 6.79. The van der Waals surface area contributed by atoms with Gasteiger partial charge in [-0.25, -0.2) is 0 Å². The molecule has 1 heterocycles. The molecule has 3 atom stereocenters. The zero-order chi connectivity index (χ0) is 10.3. The third-order valence-corrected chi connectivity index (χ3v) is 5.60. The highest BCUT2D eigenvalue weighted by atomic mass is 32.2. The number of ketones is 1. The molecule has 2 saturated carbocycles. The summed E-state index contributed by atoms with van der Waals surface area (Å²) in [5, 5.41) is 0. The molecule has 0 bridgehead atoms. The Kier molecular flexibility index (Phi) is 2.80. The van der Waals surface area contributed by atoms with Crippen LogP contribution >= 0.6 is 11.8 Å². The topological polar surface area (TPSA) is 17.1 Å². The maximum atomic E-state index is 12.3. The number of hydrogen-bond donors (Lipinski definition) is 0. The van der Waals surface area contributed by atoms with Crippen LogP contribution < -0.4 is 0 Å². The van der Waals surface area contributed by atoms with Gasteiger partial charge >= 0.3 is 0 Å². The molecule has 2 heteroatoms. The largest absolute Gasteiger partial charge is 0.299 e. The van der Waals surface area contributed by atoms with Crippen LogP contribution in [0.2, 0.25) is 0 Å². The number of fused-ring (bicyclic) bond motifs is 1. The molecule has 3 unspecified atom stereocenters. The number of carbonyl (C=O) groups is 1. The summed E-state index contributed by atoms with van der Waals surface area (Å²) in [6, 6.07) is 0. The Balaban J connectivity index is 1.58. The van der Waals surface area contributed by atoms with Gasteiger partial charge in [0.25, 0.3) is 0 Å². The van der Waals surface area contributed by atoms with Crippen molar-refractivity contribution in [3.63, 3.8) is 0 Å². The second-order valence-electron chi connectivity index (χ2n) is 5.57. The number of carbonyl (C=O) groups excluding carboxylic acids is 1. The van der Waals surface area contributed by atoms with Crippen LogP contribution in [-0.2, 0) is 4.79 Å². The monoisotopic (exact) mass is 224 g/mol. The molecule has 1 nitrogen and oxygen atoms in total. The number of Topliss-reactive ketones (excluding diaryl/α,β-unsaturated/α-hetero) is 1. The first-order valence-electron chi connectivity index (χ1n) is 6.46. The van der Waals surface area contributed by atoms with Crippen molar-refractivity contribution < 1.29 is 4.79 Å². The summed E-state index contributed by atoms with van der Waals surface area (Å²) in [5.74, 6) is 5.96. The minimum absolute atomic E-state index is 0.433. The molecule has 0 aromatic carbocycles.